The minimum Gasteiger partial charge on any atom is -0.363 e. The van der Waals surface area contributed by atoms with Crippen molar-refractivity contribution < 1.29 is 22.8 Å². The Labute approximate surface area is 122 Å². The SMILES string of the molecule is O=C1ON=C(C(F)(F)F)/C1=C/c1ccc(N2CCCC2)s1. The van der Waals surface area contributed by atoms with Gasteiger partial charge in [-0.15, -0.1) is 11.3 Å². The number of thiophene rings is 1. The number of hydrogen-bond donors (Lipinski definition) is 0. The number of oxime groups is 1. The molecule has 1 fully saturated rings. The van der Waals surface area contributed by atoms with E-state index < -0.39 is 23.4 Å². The fourth-order valence-corrected chi connectivity index (χ4v) is 3.29. The van der Waals surface area contributed by atoms with E-state index in [0.29, 0.717) is 4.88 Å². The van der Waals surface area contributed by atoms with Crippen LogP contribution < -0.4 is 4.90 Å². The molecular weight excluding hydrogens is 305 g/mol. The lowest BCUT2D eigenvalue weighted by Gasteiger charge is -2.13. The van der Waals surface area contributed by atoms with Crippen LogP contribution in [0, 0.1) is 0 Å². The van der Waals surface area contributed by atoms with Crippen LogP contribution in [0.25, 0.3) is 6.08 Å². The molecule has 21 heavy (non-hydrogen) atoms. The Bertz CT molecular complexity index is 628. The van der Waals surface area contributed by atoms with Gasteiger partial charge in [0, 0.05) is 18.0 Å². The number of hydrogen-bond acceptors (Lipinski definition) is 5. The van der Waals surface area contributed by atoms with Crippen LogP contribution in [0.4, 0.5) is 18.2 Å². The molecule has 1 saturated heterocycles. The second kappa shape index (κ2) is 5.18. The highest BCUT2D eigenvalue weighted by molar-refractivity contribution is 7.17. The first-order valence-corrected chi connectivity index (χ1v) is 7.20. The van der Waals surface area contributed by atoms with Crippen LogP contribution in [-0.2, 0) is 9.63 Å². The van der Waals surface area contributed by atoms with Crippen LogP contribution in [0.2, 0.25) is 0 Å². The molecule has 2 aliphatic rings. The summed E-state index contributed by atoms with van der Waals surface area (Å²) in [6.45, 7) is 1.90. The van der Waals surface area contributed by atoms with Gasteiger partial charge in [0.2, 0.25) is 0 Å². The average molecular weight is 316 g/mol. The number of carbonyl (C=O) groups is 1. The Morgan fingerprint density at radius 1 is 1.29 bits per heavy atom. The van der Waals surface area contributed by atoms with Crippen LogP contribution in [0.15, 0.2) is 22.9 Å². The summed E-state index contributed by atoms with van der Waals surface area (Å²) in [4.78, 5) is 18.3. The Hall–Kier alpha value is -1.83. The first-order chi connectivity index (χ1) is 9.95. The van der Waals surface area contributed by atoms with Crippen molar-refractivity contribution in [2.24, 2.45) is 5.16 Å². The number of halogens is 3. The van der Waals surface area contributed by atoms with E-state index in [1.54, 1.807) is 6.07 Å². The molecule has 0 bridgehead atoms. The number of nitrogens with zero attached hydrogens (tertiary/aromatic N) is 2. The molecule has 0 atom stereocenters. The lowest BCUT2D eigenvalue weighted by molar-refractivity contribution is -0.136. The van der Waals surface area contributed by atoms with Crippen molar-refractivity contribution in [2.45, 2.75) is 19.0 Å². The van der Waals surface area contributed by atoms with Gasteiger partial charge in [0.1, 0.15) is 0 Å². The van der Waals surface area contributed by atoms with E-state index in [-0.39, 0.29) is 0 Å². The van der Waals surface area contributed by atoms with Gasteiger partial charge in [-0.25, -0.2) is 4.79 Å². The summed E-state index contributed by atoms with van der Waals surface area (Å²) in [5.41, 5.74) is -1.82. The molecule has 1 aromatic heterocycles. The standard InChI is InChI=1S/C13H11F3N2O2S/c14-13(15,16)11-9(12(19)20-17-11)7-8-3-4-10(21-8)18-5-1-2-6-18/h3-4,7H,1-2,5-6H2/b9-7-. The molecule has 0 radical (unpaired) electrons. The fraction of sp³-hybridized carbons (Fsp3) is 0.385. The van der Waals surface area contributed by atoms with E-state index in [1.807, 2.05) is 6.07 Å². The zero-order valence-electron chi connectivity index (χ0n) is 10.8. The smallest absolute Gasteiger partial charge is 0.363 e. The van der Waals surface area contributed by atoms with Crippen molar-refractivity contribution in [3.05, 3.63) is 22.6 Å². The van der Waals surface area contributed by atoms with Gasteiger partial charge in [0.05, 0.1) is 10.6 Å². The number of carbonyl (C=O) groups excluding carboxylic acids is 1. The Balaban J connectivity index is 1.87. The largest absolute Gasteiger partial charge is 0.437 e. The predicted octanol–water partition coefficient (Wildman–Crippen LogP) is 3.21. The van der Waals surface area contributed by atoms with Gasteiger partial charge in [0.15, 0.2) is 5.71 Å². The van der Waals surface area contributed by atoms with E-state index in [2.05, 4.69) is 14.9 Å². The Kier molecular flexibility index (Phi) is 3.48. The highest BCUT2D eigenvalue weighted by atomic mass is 32.1. The molecule has 1 aromatic rings. The van der Waals surface area contributed by atoms with Crippen LogP contribution in [0.5, 0.6) is 0 Å². The lowest BCUT2D eigenvalue weighted by atomic mass is 10.1. The number of alkyl halides is 3. The Morgan fingerprint density at radius 3 is 2.67 bits per heavy atom. The zero-order valence-corrected chi connectivity index (χ0v) is 11.6. The quantitative estimate of drug-likeness (QED) is 0.621. The highest BCUT2D eigenvalue weighted by Crippen LogP contribution is 2.33. The molecule has 0 aliphatic carbocycles. The second-order valence-corrected chi connectivity index (χ2v) is 5.84. The number of anilines is 1. The lowest BCUT2D eigenvalue weighted by Crippen LogP contribution is -2.24. The maximum absolute atomic E-state index is 12.7. The molecule has 0 aromatic carbocycles. The fourth-order valence-electron chi connectivity index (χ4n) is 2.28. The normalized spacial score (nSPS) is 21.1. The van der Waals surface area contributed by atoms with Crippen LogP contribution >= 0.6 is 11.3 Å². The predicted molar refractivity (Wildman–Crippen MR) is 73.3 cm³/mol. The summed E-state index contributed by atoms with van der Waals surface area (Å²) in [5.74, 6) is -1.07. The molecule has 8 heteroatoms. The molecule has 2 aliphatic heterocycles. The maximum atomic E-state index is 12.7. The van der Waals surface area contributed by atoms with Crippen molar-refractivity contribution in [3.63, 3.8) is 0 Å². The van der Waals surface area contributed by atoms with Crippen molar-refractivity contribution in [2.75, 3.05) is 18.0 Å². The van der Waals surface area contributed by atoms with E-state index >= 15 is 0 Å². The average Bonchev–Trinajstić information content (AvgIpc) is 3.10. The minimum absolute atomic E-state index is 0.544. The summed E-state index contributed by atoms with van der Waals surface area (Å²) in [6, 6.07) is 3.55. The highest BCUT2D eigenvalue weighted by Gasteiger charge is 2.45. The van der Waals surface area contributed by atoms with Gasteiger partial charge in [-0.3, -0.25) is 0 Å². The third kappa shape index (κ3) is 2.80. The summed E-state index contributed by atoms with van der Waals surface area (Å²) in [7, 11) is 0. The molecule has 3 heterocycles. The van der Waals surface area contributed by atoms with E-state index in [1.165, 1.54) is 17.4 Å². The minimum atomic E-state index is -4.70. The first-order valence-electron chi connectivity index (χ1n) is 6.38. The molecule has 0 N–H and O–H groups in total. The van der Waals surface area contributed by atoms with Gasteiger partial charge < -0.3 is 9.74 Å². The third-order valence-corrected chi connectivity index (χ3v) is 4.37. The summed E-state index contributed by atoms with van der Waals surface area (Å²) in [5, 5.41) is 3.81. The van der Waals surface area contributed by atoms with Gasteiger partial charge in [-0.05, 0) is 31.1 Å². The topological polar surface area (TPSA) is 41.9 Å². The van der Waals surface area contributed by atoms with Gasteiger partial charge in [0.25, 0.3) is 0 Å². The molecule has 4 nitrogen and oxygen atoms in total. The summed E-state index contributed by atoms with van der Waals surface area (Å²) >= 11 is 1.35. The van der Waals surface area contributed by atoms with Gasteiger partial charge in [-0.1, -0.05) is 5.16 Å². The van der Waals surface area contributed by atoms with Crippen LogP contribution in [0.1, 0.15) is 17.7 Å². The van der Waals surface area contributed by atoms with Crippen molar-refractivity contribution in [1.29, 1.82) is 0 Å². The second-order valence-electron chi connectivity index (χ2n) is 4.74. The molecule has 0 saturated carbocycles. The molecule has 0 amide bonds. The summed E-state index contributed by atoms with van der Waals surface area (Å²) in [6.07, 6.45) is -1.28. The van der Waals surface area contributed by atoms with Crippen molar-refractivity contribution in [1.82, 2.24) is 0 Å². The molecule has 0 spiro atoms. The van der Waals surface area contributed by atoms with E-state index in [0.717, 1.165) is 30.9 Å². The molecular formula is C13H11F3N2O2S. The van der Waals surface area contributed by atoms with Crippen LogP contribution in [0.3, 0.4) is 0 Å². The van der Waals surface area contributed by atoms with Crippen LogP contribution in [-0.4, -0.2) is 30.9 Å². The monoisotopic (exact) mass is 316 g/mol. The molecule has 112 valence electrons. The first kappa shape index (κ1) is 14.1. The van der Waals surface area contributed by atoms with Gasteiger partial charge in [-0.2, -0.15) is 13.2 Å². The van der Waals surface area contributed by atoms with Gasteiger partial charge >= 0.3 is 12.1 Å². The Morgan fingerprint density at radius 2 is 2.00 bits per heavy atom. The molecule has 0 unspecified atom stereocenters. The van der Waals surface area contributed by atoms with Crippen molar-refractivity contribution >= 4 is 34.1 Å². The van der Waals surface area contributed by atoms with E-state index in [9.17, 15) is 18.0 Å². The van der Waals surface area contributed by atoms with Crippen molar-refractivity contribution in [3.8, 4) is 0 Å². The summed E-state index contributed by atoms with van der Waals surface area (Å²) < 4.78 is 38.2. The maximum Gasteiger partial charge on any atom is 0.437 e. The third-order valence-electron chi connectivity index (χ3n) is 3.28. The zero-order chi connectivity index (χ0) is 15.0. The van der Waals surface area contributed by atoms with E-state index in [4.69, 9.17) is 0 Å². The number of rotatable bonds is 2. The molecule has 3 rings (SSSR count).